The predicted octanol–water partition coefficient (Wildman–Crippen LogP) is 1.24. The third kappa shape index (κ3) is 6.82. The minimum Gasteiger partial charge on any atom is -0.482 e. The van der Waals surface area contributed by atoms with Crippen LogP contribution in [0.15, 0.2) is 18.2 Å². The van der Waals surface area contributed by atoms with Crippen LogP contribution in [0, 0.1) is 6.92 Å². The van der Waals surface area contributed by atoms with E-state index in [2.05, 4.69) is 5.32 Å². The average molecular weight is 350 g/mol. The molecule has 1 rings (SSSR count). The fraction of sp³-hybridized carbons (Fsp3) is 0.500. The number of aryl methyl sites for hydroxylation is 1. The lowest BCUT2D eigenvalue weighted by molar-refractivity contribution is -0.153. The molecular formula is C18H26N2O5. The van der Waals surface area contributed by atoms with Gasteiger partial charge in [-0.05, 0) is 30.0 Å². The Balaban J connectivity index is 2.49. The van der Waals surface area contributed by atoms with Crippen LogP contribution >= 0.6 is 0 Å². The number of rotatable bonds is 8. The maximum absolute atomic E-state index is 11.8. The Labute approximate surface area is 148 Å². The van der Waals surface area contributed by atoms with Crippen LogP contribution < -0.4 is 10.1 Å². The molecule has 138 valence electrons. The van der Waals surface area contributed by atoms with Crippen molar-refractivity contribution in [1.82, 2.24) is 10.2 Å². The molecule has 1 N–H and O–H groups in total. The van der Waals surface area contributed by atoms with Crippen molar-refractivity contribution >= 4 is 17.8 Å². The van der Waals surface area contributed by atoms with E-state index in [-0.39, 0.29) is 25.0 Å². The maximum Gasteiger partial charge on any atom is 0.344 e. The van der Waals surface area contributed by atoms with Crippen LogP contribution in [0.2, 0.25) is 0 Å². The summed E-state index contributed by atoms with van der Waals surface area (Å²) in [4.78, 5) is 36.0. The van der Waals surface area contributed by atoms with Crippen molar-refractivity contribution in [1.29, 1.82) is 0 Å². The molecule has 0 aromatic heterocycles. The van der Waals surface area contributed by atoms with Gasteiger partial charge in [0.25, 0.3) is 5.91 Å². The van der Waals surface area contributed by atoms with Crippen LogP contribution in [-0.4, -0.2) is 56.5 Å². The number of carbonyl (C=O) groups excluding carboxylic acids is 3. The normalized spacial score (nSPS) is 10.3. The molecule has 7 heteroatoms. The SMILES string of the molecule is CNC(=O)CN(C)C(=O)COC(=O)COc1cc(C)ccc1C(C)C. The van der Waals surface area contributed by atoms with Crippen molar-refractivity contribution < 1.29 is 23.9 Å². The zero-order valence-electron chi connectivity index (χ0n) is 15.4. The molecule has 0 saturated carbocycles. The highest BCUT2D eigenvalue weighted by molar-refractivity contribution is 5.86. The summed E-state index contributed by atoms with van der Waals surface area (Å²) < 4.78 is 10.5. The van der Waals surface area contributed by atoms with Crippen LogP contribution in [0.4, 0.5) is 0 Å². The Morgan fingerprint density at radius 2 is 1.88 bits per heavy atom. The standard InChI is InChI=1S/C18H26N2O5/c1-12(2)14-7-6-13(3)8-15(14)24-11-18(23)25-10-17(22)20(5)9-16(21)19-4/h6-8,12H,9-11H2,1-5H3,(H,19,21). The number of hydrogen-bond donors (Lipinski definition) is 1. The van der Waals surface area contributed by atoms with Gasteiger partial charge in [-0.2, -0.15) is 0 Å². The van der Waals surface area contributed by atoms with E-state index in [9.17, 15) is 14.4 Å². The van der Waals surface area contributed by atoms with Crippen LogP contribution in [-0.2, 0) is 19.1 Å². The number of esters is 1. The quantitative estimate of drug-likeness (QED) is 0.713. The molecule has 7 nitrogen and oxygen atoms in total. The van der Waals surface area contributed by atoms with Crippen molar-refractivity contribution in [2.45, 2.75) is 26.7 Å². The van der Waals surface area contributed by atoms with E-state index in [1.807, 2.05) is 39.0 Å². The molecule has 0 heterocycles. The summed E-state index contributed by atoms with van der Waals surface area (Å²) in [5.41, 5.74) is 2.03. The van der Waals surface area contributed by atoms with Gasteiger partial charge in [0.1, 0.15) is 5.75 Å². The molecule has 0 spiro atoms. The molecule has 0 unspecified atom stereocenters. The molecule has 1 aromatic carbocycles. The van der Waals surface area contributed by atoms with E-state index in [1.165, 1.54) is 19.0 Å². The van der Waals surface area contributed by atoms with Crippen molar-refractivity contribution in [2.75, 3.05) is 33.9 Å². The number of carbonyl (C=O) groups is 3. The monoisotopic (exact) mass is 350 g/mol. The molecule has 0 aliphatic heterocycles. The molecule has 25 heavy (non-hydrogen) atoms. The Kier molecular flexibility index (Phi) is 7.91. The van der Waals surface area contributed by atoms with Gasteiger partial charge >= 0.3 is 5.97 Å². The number of nitrogens with one attached hydrogen (secondary N) is 1. The maximum atomic E-state index is 11.8. The Morgan fingerprint density at radius 3 is 2.48 bits per heavy atom. The number of amides is 2. The van der Waals surface area contributed by atoms with Crippen molar-refractivity contribution in [2.24, 2.45) is 0 Å². The van der Waals surface area contributed by atoms with E-state index >= 15 is 0 Å². The Morgan fingerprint density at radius 1 is 1.20 bits per heavy atom. The van der Waals surface area contributed by atoms with Gasteiger partial charge in [0.15, 0.2) is 13.2 Å². The Hall–Kier alpha value is -2.57. The molecule has 0 atom stereocenters. The molecule has 0 fully saturated rings. The molecule has 1 aromatic rings. The van der Waals surface area contributed by atoms with Gasteiger partial charge in [0.2, 0.25) is 5.91 Å². The first-order valence-electron chi connectivity index (χ1n) is 8.08. The largest absolute Gasteiger partial charge is 0.482 e. The first kappa shape index (κ1) is 20.5. The van der Waals surface area contributed by atoms with E-state index in [0.717, 1.165) is 11.1 Å². The van der Waals surface area contributed by atoms with Crippen molar-refractivity contribution in [3.63, 3.8) is 0 Å². The third-order valence-corrected chi connectivity index (χ3v) is 3.58. The predicted molar refractivity (Wildman–Crippen MR) is 93.4 cm³/mol. The summed E-state index contributed by atoms with van der Waals surface area (Å²) in [6.45, 7) is 5.21. The lowest BCUT2D eigenvalue weighted by atomic mass is 10.0. The lowest BCUT2D eigenvalue weighted by Gasteiger charge is -2.16. The molecule has 0 radical (unpaired) electrons. The van der Waals surface area contributed by atoms with Gasteiger partial charge in [-0.25, -0.2) is 4.79 Å². The highest BCUT2D eigenvalue weighted by Gasteiger charge is 2.15. The second kappa shape index (κ2) is 9.66. The number of nitrogens with zero attached hydrogens (tertiary/aromatic N) is 1. The van der Waals surface area contributed by atoms with Crippen LogP contribution in [0.25, 0.3) is 0 Å². The van der Waals surface area contributed by atoms with Crippen LogP contribution in [0.5, 0.6) is 5.75 Å². The summed E-state index contributed by atoms with van der Waals surface area (Å²) >= 11 is 0. The van der Waals surface area contributed by atoms with Crippen LogP contribution in [0.3, 0.4) is 0 Å². The zero-order valence-corrected chi connectivity index (χ0v) is 15.4. The minimum atomic E-state index is -0.641. The first-order valence-corrected chi connectivity index (χ1v) is 8.08. The van der Waals surface area contributed by atoms with Gasteiger partial charge in [-0.3, -0.25) is 9.59 Å². The van der Waals surface area contributed by atoms with Gasteiger partial charge < -0.3 is 19.7 Å². The minimum absolute atomic E-state index is 0.0928. The van der Waals surface area contributed by atoms with Gasteiger partial charge in [0, 0.05) is 14.1 Å². The number of likely N-dealkylation sites (N-methyl/N-ethyl adjacent to an activating group) is 2. The topological polar surface area (TPSA) is 84.9 Å². The van der Waals surface area contributed by atoms with Gasteiger partial charge in [0.05, 0.1) is 6.54 Å². The summed E-state index contributed by atoms with van der Waals surface area (Å²) in [6.07, 6.45) is 0. The summed E-state index contributed by atoms with van der Waals surface area (Å²) in [6, 6.07) is 5.82. The van der Waals surface area contributed by atoms with Gasteiger partial charge in [-0.1, -0.05) is 26.0 Å². The number of hydrogen-bond acceptors (Lipinski definition) is 5. The zero-order chi connectivity index (χ0) is 19.0. The van der Waals surface area contributed by atoms with E-state index < -0.39 is 18.5 Å². The highest BCUT2D eigenvalue weighted by Crippen LogP contribution is 2.27. The fourth-order valence-corrected chi connectivity index (χ4v) is 2.06. The second-order valence-corrected chi connectivity index (χ2v) is 6.07. The molecule has 0 saturated heterocycles. The summed E-state index contributed by atoms with van der Waals surface area (Å²) in [7, 11) is 2.94. The Bertz CT molecular complexity index is 628. The molecule has 2 amide bonds. The molecule has 0 aliphatic rings. The lowest BCUT2D eigenvalue weighted by Crippen LogP contribution is -2.39. The summed E-state index contributed by atoms with van der Waals surface area (Å²) in [5.74, 6) is -0.513. The first-order chi connectivity index (χ1) is 11.7. The van der Waals surface area contributed by atoms with E-state index in [0.29, 0.717) is 5.75 Å². The van der Waals surface area contributed by atoms with Crippen molar-refractivity contribution in [3.8, 4) is 5.75 Å². The molecule has 0 aliphatic carbocycles. The van der Waals surface area contributed by atoms with Gasteiger partial charge in [-0.15, -0.1) is 0 Å². The second-order valence-electron chi connectivity index (χ2n) is 6.07. The number of ether oxygens (including phenoxy) is 2. The average Bonchev–Trinajstić information content (AvgIpc) is 2.57. The molecule has 0 bridgehead atoms. The number of benzene rings is 1. The van der Waals surface area contributed by atoms with Crippen LogP contribution in [0.1, 0.15) is 30.9 Å². The van der Waals surface area contributed by atoms with Crippen molar-refractivity contribution in [3.05, 3.63) is 29.3 Å². The highest BCUT2D eigenvalue weighted by atomic mass is 16.6. The van der Waals surface area contributed by atoms with E-state index in [4.69, 9.17) is 9.47 Å². The molecular weight excluding hydrogens is 324 g/mol. The summed E-state index contributed by atoms with van der Waals surface area (Å²) in [5, 5.41) is 2.41. The fourth-order valence-electron chi connectivity index (χ4n) is 2.06. The smallest absolute Gasteiger partial charge is 0.344 e. The third-order valence-electron chi connectivity index (χ3n) is 3.58. The van der Waals surface area contributed by atoms with E-state index in [1.54, 1.807) is 0 Å².